The molecule has 0 radical (unpaired) electrons. The van der Waals surface area contributed by atoms with E-state index in [1.807, 2.05) is 6.07 Å². The van der Waals surface area contributed by atoms with Crippen LogP contribution in [-0.2, 0) is 15.1 Å². The number of carbonyl (C=O) groups excluding carboxylic acids is 3. The first-order chi connectivity index (χ1) is 10.0. The molecule has 110 valence electrons. The van der Waals surface area contributed by atoms with Gasteiger partial charge in [0.1, 0.15) is 12.1 Å². The smallest absolute Gasteiger partial charge is 0.325 e. The van der Waals surface area contributed by atoms with Gasteiger partial charge in [-0.2, -0.15) is 0 Å². The van der Waals surface area contributed by atoms with Gasteiger partial charge in [-0.1, -0.05) is 30.3 Å². The van der Waals surface area contributed by atoms with Crippen molar-refractivity contribution in [3.63, 3.8) is 0 Å². The van der Waals surface area contributed by atoms with Gasteiger partial charge in [0, 0.05) is 6.04 Å². The summed E-state index contributed by atoms with van der Waals surface area (Å²) in [6.45, 7) is 1.53. The van der Waals surface area contributed by atoms with E-state index in [-0.39, 0.29) is 18.5 Å². The molecule has 1 saturated carbocycles. The Hall–Kier alpha value is -2.37. The lowest BCUT2D eigenvalue weighted by molar-refractivity contribution is -0.128. The van der Waals surface area contributed by atoms with E-state index in [4.69, 9.17) is 0 Å². The lowest BCUT2D eigenvalue weighted by atomic mass is 9.90. The van der Waals surface area contributed by atoms with E-state index in [0.717, 1.165) is 12.8 Å². The van der Waals surface area contributed by atoms with Crippen LogP contribution >= 0.6 is 0 Å². The molecule has 2 aliphatic rings. The lowest BCUT2D eigenvalue weighted by Gasteiger charge is -2.31. The topological polar surface area (TPSA) is 78.5 Å². The van der Waals surface area contributed by atoms with Crippen LogP contribution in [0.4, 0.5) is 4.79 Å². The van der Waals surface area contributed by atoms with Gasteiger partial charge in [-0.05, 0) is 25.3 Å². The molecule has 0 spiro atoms. The highest BCUT2D eigenvalue weighted by atomic mass is 16.2. The SMILES string of the molecule is CC1(c2ccccc2)C(=O)NC(=O)N1CC(=O)NC1CC1. The molecule has 1 aromatic rings. The maximum absolute atomic E-state index is 12.2. The molecule has 2 fully saturated rings. The van der Waals surface area contributed by atoms with Gasteiger partial charge in [0.05, 0.1) is 0 Å². The molecule has 3 rings (SSSR count). The van der Waals surface area contributed by atoms with Crippen LogP contribution in [0, 0.1) is 0 Å². The molecule has 2 N–H and O–H groups in total. The average molecular weight is 287 g/mol. The fourth-order valence-corrected chi connectivity index (χ4v) is 2.54. The first-order valence-electron chi connectivity index (χ1n) is 7.00. The first-order valence-corrected chi connectivity index (χ1v) is 7.00. The summed E-state index contributed by atoms with van der Waals surface area (Å²) in [6.07, 6.45) is 1.96. The highest BCUT2D eigenvalue weighted by molar-refractivity contribution is 6.08. The zero-order valence-corrected chi connectivity index (χ0v) is 11.8. The molecule has 1 saturated heterocycles. The number of imide groups is 1. The summed E-state index contributed by atoms with van der Waals surface area (Å²) in [5.41, 5.74) is -0.466. The number of hydrogen-bond acceptors (Lipinski definition) is 3. The van der Waals surface area contributed by atoms with Crippen molar-refractivity contribution in [1.82, 2.24) is 15.5 Å². The fraction of sp³-hybridized carbons (Fsp3) is 0.400. The standard InChI is InChI=1S/C15H17N3O3/c1-15(10-5-3-2-4-6-10)13(20)17-14(21)18(15)9-12(19)16-11-7-8-11/h2-6,11H,7-9H2,1H3,(H,16,19)(H,17,20,21). The summed E-state index contributed by atoms with van der Waals surface area (Å²) in [5.74, 6) is -0.637. The molecule has 1 aromatic carbocycles. The van der Waals surface area contributed by atoms with Crippen LogP contribution in [0.2, 0.25) is 0 Å². The van der Waals surface area contributed by atoms with Crippen LogP contribution in [0.15, 0.2) is 30.3 Å². The lowest BCUT2D eigenvalue weighted by Crippen LogP contribution is -2.49. The molecule has 1 unspecified atom stereocenters. The van der Waals surface area contributed by atoms with Crippen LogP contribution in [0.25, 0.3) is 0 Å². The second-order valence-electron chi connectivity index (χ2n) is 5.63. The minimum Gasteiger partial charge on any atom is -0.352 e. The van der Waals surface area contributed by atoms with Gasteiger partial charge in [0.15, 0.2) is 0 Å². The van der Waals surface area contributed by atoms with Crippen molar-refractivity contribution < 1.29 is 14.4 Å². The Morgan fingerprint density at radius 2 is 2.00 bits per heavy atom. The van der Waals surface area contributed by atoms with Crippen LogP contribution in [-0.4, -0.2) is 35.3 Å². The summed E-state index contributed by atoms with van der Waals surface area (Å²) in [6, 6.07) is 8.71. The predicted octanol–water partition coefficient (Wildman–Crippen LogP) is 0.732. The molecule has 21 heavy (non-hydrogen) atoms. The van der Waals surface area contributed by atoms with Gasteiger partial charge in [0.25, 0.3) is 5.91 Å². The van der Waals surface area contributed by atoms with Gasteiger partial charge >= 0.3 is 6.03 Å². The molecular weight excluding hydrogens is 270 g/mol. The highest BCUT2D eigenvalue weighted by Gasteiger charge is 2.51. The Morgan fingerprint density at radius 1 is 1.33 bits per heavy atom. The van der Waals surface area contributed by atoms with Crippen molar-refractivity contribution in [3.8, 4) is 0 Å². The minimum absolute atomic E-state index is 0.126. The van der Waals surface area contributed by atoms with Crippen molar-refractivity contribution in [2.45, 2.75) is 31.3 Å². The monoisotopic (exact) mass is 287 g/mol. The van der Waals surface area contributed by atoms with Crippen LogP contribution in [0.3, 0.4) is 0 Å². The van der Waals surface area contributed by atoms with E-state index in [1.165, 1.54) is 4.90 Å². The maximum Gasteiger partial charge on any atom is 0.325 e. The molecule has 0 aromatic heterocycles. The van der Waals surface area contributed by atoms with E-state index in [9.17, 15) is 14.4 Å². The minimum atomic E-state index is -1.15. The summed E-state index contributed by atoms with van der Waals surface area (Å²) in [7, 11) is 0. The number of urea groups is 1. The number of nitrogens with zero attached hydrogens (tertiary/aromatic N) is 1. The number of benzene rings is 1. The number of amides is 4. The third-order valence-electron chi connectivity index (χ3n) is 4.03. The Bertz CT molecular complexity index is 597. The number of hydrogen-bond donors (Lipinski definition) is 2. The number of rotatable bonds is 4. The zero-order chi connectivity index (χ0) is 15.0. The normalized spacial score (nSPS) is 24.9. The van der Waals surface area contributed by atoms with Gasteiger partial charge in [-0.15, -0.1) is 0 Å². The fourth-order valence-electron chi connectivity index (χ4n) is 2.54. The van der Waals surface area contributed by atoms with Crippen molar-refractivity contribution in [1.29, 1.82) is 0 Å². The Kier molecular flexibility index (Phi) is 3.16. The second-order valence-corrected chi connectivity index (χ2v) is 5.63. The van der Waals surface area contributed by atoms with Gasteiger partial charge < -0.3 is 5.32 Å². The van der Waals surface area contributed by atoms with Crippen molar-refractivity contribution >= 4 is 17.8 Å². The second kappa shape index (κ2) is 4.87. The van der Waals surface area contributed by atoms with Crippen LogP contribution in [0.1, 0.15) is 25.3 Å². The molecular formula is C15H17N3O3. The third kappa shape index (κ3) is 2.37. The van der Waals surface area contributed by atoms with Gasteiger partial charge in [-0.3, -0.25) is 19.8 Å². The van der Waals surface area contributed by atoms with E-state index in [0.29, 0.717) is 5.56 Å². The van der Waals surface area contributed by atoms with E-state index in [2.05, 4.69) is 10.6 Å². The number of carbonyl (C=O) groups is 3. The Morgan fingerprint density at radius 3 is 2.62 bits per heavy atom. The summed E-state index contributed by atoms with van der Waals surface area (Å²) in [5, 5.41) is 5.13. The molecule has 0 bridgehead atoms. The summed E-state index contributed by atoms with van der Waals surface area (Å²) in [4.78, 5) is 37.5. The predicted molar refractivity (Wildman–Crippen MR) is 75.2 cm³/mol. The largest absolute Gasteiger partial charge is 0.352 e. The summed E-state index contributed by atoms with van der Waals surface area (Å²) >= 11 is 0. The van der Waals surface area contributed by atoms with Crippen molar-refractivity contribution in [3.05, 3.63) is 35.9 Å². The molecule has 6 nitrogen and oxygen atoms in total. The third-order valence-corrected chi connectivity index (χ3v) is 4.03. The highest BCUT2D eigenvalue weighted by Crippen LogP contribution is 2.32. The zero-order valence-electron chi connectivity index (χ0n) is 11.8. The van der Waals surface area contributed by atoms with Crippen molar-refractivity contribution in [2.24, 2.45) is 0 Å². The van der Waals surface area contributed by atoms with Gasteiger partial charge in [-0.25, -0.2) is 4.79 Å². The number of nitrogens with one attached hydrogen (secondary N) is 2. The Labute approximate surface area is 122 Å². The maximum atomic E-state index is 12.2. The molecule has 1 aliphatic carbocycles. The Balaban J connectivity index is 1.86. The molecule has 4 amide bonds. The van der Waals surface area contributed by atoms with Crippen LogP contribution in [0.5, 0.6) is 0 Å². The van der Waals surface area contributed by atoms with E-state index in [1.54, 1.807) is 31.2 Å². The van der Waals surface area contributed by atoms with E-state index < -0.39 is 17.5 Å². The van der Waals surface area contributed by atoms with Crippen molar-refractivity contribution in [2.75, 3.05) is 6.54 Å². The molecule has 6 heteroatoms. The molecule has 1 heterocycles. The quantitative estimate of drug-likeness (QED) is 0.801. The summed E-state index contributed by atoms with van der Waals surface area (Å²) < 4.78 is 0. The van der Waals surface area contributed by atoms with Gasteiger partial charge in [0.2, 0.25) is 5.91 Å². The molecule has 1 atom stereocenters. The first kappa shape index (κ1) is 13.6. The molecule has 1 aliphatic heterocycles. The average Bonchev–Trinajstić information content (AvgIpc) is 3.24. The van der Waals surface area contributed by atoms with E-state index >= 15 is 0 Å². The van der Waals surface area contributed by atoms with Crippen LogP contribution < -0.4 is 10.6 Å².